The summed E-state index contributed by atoms with van der Waals surface area (Å²) in [6.07, 6.45) is 0.422. The van der Waals surface area contributed by atoms with Gasteiger partial charge in [0.2, 0.25) is 5.91 Å². The Hall–Kier alpha value is -2.44. The van der Waals surface area contributed by atoms with Crippen LogP contribution in [-0.4, -0.2) is 29.2 Å². The Labute approximate surface area is 132 Å². The number of aromatic nitrogens is 2. The van der Waals surface area contributed by atoms with Crippen molar-refractivity contribution in [3.8, 4) is 5.75 Å². The maximum absolute atomic E-state index is 12.6. The molecule has 1 saturated carbocycles. The average Bonchev–Trinajstić information content (AvgIpc) is 3.24. The molecule has 1 aliphatic carbocycles. The molecule has 1 aliphatic rings. The Bertz CT molecular complexity index is 711. The molecular formula is C16H17F2N3O2. The Kier molecular flexibility index (Phi) is 4.02. The van der Waals surface area contributed by atoms with E-state index in [2.05, 4.69) is 10.4 Å². The molecule has 3 rings (SSSR count). The lowest BCUT2D eigenvalue weighted by Crippen LogP contribution is -2.28. The lowest BCUT2D eigenvalue weighted by Gasteiger charge is -2.15. The van der Waals surface area contributed by atoms with Crippen LogP contribution in [0.3, 0.4) is 0 Å². The van der Waals surface area contributed by atoms with E-state index in [1.54, 1.807) is 7.11 Å². The molecule has 0 atom stereocenters. The van der Waals surface area contributed by atoms with Gasteiger partial charge in [0.15, 0.2) is 5.82 Å². The lowest BCUT2D eigenvalue weighted by atomic mass is 9.95. The van der Waals surface area contributed by atoms with E-state index in [-0.39, 0.29) is 11.7 Å². The Morgan fingerprint density at radius 2 is 2.22 bits per heavy atom. The van der Waals surface area contributed by atoms with Gasteiger partial charge in [0.05, 0.1) is 12.5 Å². The number of ether oxygens (including phenoxy) is 1. The molecular weight excluding hydrogens is 304 g/mol. The first-order valence-electron chi connectivity index (χ1n) is 7.31. The maximum Gasteiger partial charge on any atom is 0.257 e. The zero-order valence-electron chi connectivity index (χ0n) is 12.6. The summed E-state index contributed by atoms with van der Waals surface area (Å²) >= 11 is 0. The van der Waals surface area contributed by atoms with Gasteiger partial charge in [0, 0.05) is 12.3 Å². The highest BCUT2D eigenvalue weighted by Gasteiger charge is 2.51. The van der Waals surface area contributed by atoms with Crippen LogP contribution in [0.15, 0.2) is 36.5 Å². The minimum Gasteiger partial charge on any atom is -0.497 e. The quantitative estimate of drug-likeness (QED) is 0.890. The second kappa shape index (κ2) is 5.98. The van der Waals surface area contributed by atoms with Crippen molar-refractivity contribution in [3.63, 3.8) is 0 Å². The number of amides is 1. The van der Waals surface area contributed by atoms with Crippen molar-refractivity contribution in [3.05, 3.63) is 42.1 Å². The fourth-order valence-corrected chi connectivity index (χ4v) is 2.60. The molecule has 2 aromatic rings. The number of hydrogen-bond acceptors (Lipinski definition) is 3. The summed E-state index contributed by atoms with van der Waals surface area (Å²) in [5.41, 5.74) is 0.308. The zero-order valence-corrected chi connectivity index (χ0v) is 12.6. The van der Waals surface area contributed by atoms with Gasteiger partial charge < -0.3 is 10.1 Å². The van der Waals surface area contributed by atoms with Crippen LogP contribution < -0.4 is 10.1 Å². The van der Waals surface area contributed by atoms with Gasteiger partial charge in [-0.1, -0.05) is 12.1 Å². The van der Waals surface area contributed by atoms with Crippen molar-refractivity contribution in [2.75, 3.05) is 12.4 Å². The predicted octanol–water partition coefficient (Wildman–Crippen LogP) is 2.83. The Morgan fingerprint density at radius 1 is 1.43 bits per heavy atom. The fourth-order valence-electron chi connectivity index (χ4n) is 2.60. The largest absolute Gasteiger partial charge is 0.497 e. The number of rotatable bonds is 6. The smallest absolute Gasteiger partial charge is 0.257 e. The van der Waals surface area contributed by atoms with E-state index in [1.165, 1.54) is 12.3 Å². The van der Waals surface area contributed by atoms with Gasteiger partial charge in [-0.15, -0.1) is 0 Å². The van der Waals surface area contributed by atoms with Gasteiger partial charge in [-0.05, 0) is 30.5 Å². The molecule has 0 spiro atoms. The predicted molar refractivity (Wildman–Crippen MR) is 80.8 cm³/mol. The number of halogens is 2. The summed E-state index contributed by atoms with van der Waals surface area (Å²) in [5.74, 6) is 0.806. The van der Waals surface area contributed by atoms with Crippen LogP contribution in [0, 0.1) is 0 Å². The molecule has 1 heterocycles. The zero-order chi connectivity index (χ0) is 16.4. The van der Waals surface area contributed by atoms with E-state index in [4.69, 9.17) is 4.74 Å². The molecule has 5 nitrogen and oxygen atoms in total. The number of benzene rings is 1. The number of anilines is 1. The van der Waals surface area contributed by atoms with Crippen LogP contribution in [-0.2, 0) is 16.8 Å². The molecule has 0 unspecified atom stereocenters. The molecule has 0 bridgehead atoms. The number of carbonyl (C=O) groups excluding carboxylic acids is 1. The van der Waals surface area contributed by atoms with Crippen LogP contribution in [0.4, 0.5) is 14.6 Å². The van der Waals surface area contributed by atoms with Crippen molar-refractivity contribution in [1.29, 1.82) is 0 Å². The summed E-state index contributed by atoms with van der Waals surface area (Å²) in [6, 6.07) is 8.93. The highest BCUT2D eigenvalue weighted by atomic mass is 19.3. The summed E-state index contributed by atoms with van der Waals surface area (Å²) < 4.78 is 31.0. The molecule has 1 aromatic heterocycles. The van der Waals surface area contributed by atoms with Crippen molar-refractivity contribution in [2.24, 2.45) is 0 Å². The van der Waals surface area contributed by atoms with E-state index >= 15 is 0 Å². The van der Waals surface area contributed by atoms with E-state index < -0.39 is 18.4 Å². The monoisotopic (exact) mass is 321 g/mol. The van der Waals surface area contributed by atoms with Crippen molar-refractivity contribution in [1.82, 2.24) is 9.78 Å². The van der Waals surface area contributed by atoms with Gasteiger partial charge in [0.25, 0.3) is 6.43 Å². The number of nitrogens with zero attached hydrogens (tertiary/aromatic N) is 2. The van der Waals surface area contributed by atoms with Gasteiger partial charge in [-0.2, -0.15) is 5.10 Å². The molecule has 1 amide bonds. The van der Waals surface area contributed by atoms with Crippen molar-refractivity contribution < 1.29 is 18.3 Å². The number of nitrogens with one attached hydrogen (secondary N) is 1. The summed E-state index contributed by atoms with van der Waals surface area (Å²) in [4.78, 5) is 12.6. The van der Waals surface area contributed by atoms with Crippen LogP contribution >= 0.6 is 0 Å². The molecule has 23 heavy (non-hydrogen) atoms. The number of methoxy groups -OCH3 is 1. The summed E-state index contributed by atoms with van der Waals surface area (Å²) in [7, 11) is 1.58. The first-order valence-corrected chi connectivity index (χ1v) is 7.31. The maximum atomic E-state index is 12.6. The summed E-state index contributed by atoms with van der Waals surface area (Å²) in [6.45, 7) is -0.489. The van der Waals surface area contributed by atoms with Crippen molar-refractivity contribution >= 4 is 11.7 Å². The topological polar surface area (TPSA) is 56.1 Å². The van der Waals surface area contributed by atoms with Crippen molar-refractivity contribution in [2.45, 2.75) is 31.2 Å². The first-order chi connectivity index (χ1) is 11.0. The second-order valence-electron chi connectivity index (χ2n) is 5.58. The third-order valence-electron chi connectivity index (χ3n) is 4.01. The normalized spacial score (nSPS) is 15.5. The van der Waals surface area contributed by atoms with Gasteiger partial charge in [-0.3, -0.25) is 9.48 Å². The van der Waals surface area contributed by atoms with E-state index in [0.29, 0.717) is 5.75 Å². The number of alkyl halides is 2. The second-order valence-corrected chi connectivity index (χ2v) is 5.58. The number of hydrogen-bond donors (Lipinski definition) is 1. The van der Waals surface area contributed by atoms with Gasteiger partial charge in [0.1, 0.15) is 12.3 Å². The molecule has 1 N–H and O–H groups in total. The van der Waals surface area contributed by atoms with E-state index in [9.17, 15) is 13.6 Å². The Morgan fingerprint density at radius 3 is 2.87 bits per heavy atom. The van der Waals surface area contributed by atoms with Crippen LogP contribution in [0.25, 0.3) is 0 Å². The van der Waals surface area contributed by atoms with E-state index in [0.717, 1.165) is 23.1 Å². The molecule has 7 heteroatoms. The van der Waals surface area contributed by atoms with E-state index in [1.807, 2.05) is 24.3 Å². The lowest BCUT2D eigenvalue weighted by molar-refractivity contribution is -0.118. The third-order valence-corrected chi connectivity index (χ3v) is 4.01. The molecule has 1 aromatic carbocycles. The minimum absolute atomic E-state index is 0.173. The molecule has 0 saturated heterocycles. The molecule has 0 radical (unpaired) electrons. The standard InChI is InChI=1S/C16H17F2N3O2/c1-23-12-4-2-3-11(9-12)16(6-7-16)15(22)19-14-5-8-21(20-14)10-13(17)18/h2-5,8-9,13H,6-7,10H2,1H3,(H,19,20,22). The first kappa shape index (κ1) is 15.5. The van der Waals surface area contributed by atoms with Gasteiger partial charge >= 0.3 is 0 Å². The van der Waals surface area contributed by atoms with Crippen LogP contribution in [0.5, 0.6) is 5.75 Å². The molecule has 0 aliphatic heterocycles. The van der Waals surface area contributed by atoms with Gasteiger partial charge in [-0.25, -0.2) is 8.78 Å². The van der Waals surface area contributed by atoms with Crippen LogP contribution in [0.2, 0.25) is 0 Å². The fraction of sp³-hybridized carbons (Fsp3) is 0.375. The highest BCUT2D eigenvalue weighted by molar-refractivity contribution is 6.00. The average molecular weight is 321 g/mol. The SMILES string of the molecule is COc1cccc(C2(C(=O)Nc3ccn(CC(F)F)n3)CC2)c1. The highest BCUT2D eigenvalue weighted by Crippen LogP contribution is 2.49. The summed E-state index contributed by atoms with van der Waals surface area (Å²) in [5, 5.41) is 6.66. The third kappa shape index (κ3) is 3.18. The molecule has 1 fully saturated rings. The molecule has 122 valence electrons. The van der Waals surface area contributed by atoms with Crippen LogP contribution in [0.1, 0.15) is 18.4 Å². The number of carbonyl (C=O) groups is 1. The minimum atomic E-state index is -2.48. The Balaban J connectivity index is 1.73.